The fraction of sp³-hybridized carbons (Fsp3) is 0. The number of nitrogens with one attached hydrogen (secondary N) is 2. The van der Waals surface area contributed by atoms with Gasteiger partial charge in [-0.3, -0.25) is 20.4 Å². The molecule has 4 rings (SSSR count). The summed E-state index contributed by atoms with van der Waals surface area (Å²) in [5.74, 6) is -3.32. The highest BCUT2D eigenvalue weighted by molar-refractivity contribution is 6.02. The molecular formula is C23H16F2N4O2. The van der Waals surface area contributed by atoms with Crippen molar-refractivity contribution in [1.82, 2.24) is 20.6 Å². The molecule has 0 saturated carbocycles. The number of nitrogens with zero attached hydrogens (tertiary/aromatic N) is 2. The van der Waals surface area contributed by atoms with Crippen LogP contribution in [0.4, 0.5) is 8.78 Å². The number of carbonyl (C=O) groups is 2. The first kappa shape index (κ1) is 20.0. The highest BCUT2D eigenvalue weighted by Gasteiger charge is 2.20. The van der Waals surface area contributed by atoms with E-state index in [1.165, 1.54) is 6.20 Å². The van der Waals surface area contributed by atoms with Crippen molar-refractivity contribution in [3.05, 3.63) is 108 Å². The molecular weight excluding hydrogens is 402 g/mol. The van der Waals surface area contributed by atoms with E-state index in [0.717, 1.165) is 23.9 Å². The van der Waals surface area contributed by atoms with Crippen LogP contribution in [0.2, 0.25) is 0 Å². The number of benzene rings is 3. The Balaban J connectivity index is 1.61. The van der Waals surface area contributed by atoms with Crippen LogP contribution in [0, 0.1) is 11.6 Å². The topological polar surface area (TPSA) is 76.0 Å². The molecule has 0 aliphatic heterocycles. The maximum absolute atomic E-state index is 13.8. The van der Waals surface area contributed by atoms with Crippen molar-refractivity contribution in [3.8, 4) is 16.9 Å². The molecule has 2 amide bonds. The van der Waals surface area contributed by atoms with E-state index in [4.69, 9.17) is 0 Å². The van der Waals surface area contributed by atoms with Crippen LogP contribution in [0.3, 0.4) is 0 Å². The lowest BCUT2D eigenvalue weighted by Gasteiger charge is -2.08. The van der Waals surface area contributed by atoms with E-state index in [0.29, 0.717) is 11.3 Å². The monoisotopic (exact) mass is 418 g/mol. The van der Waals surface area contributed by atoms with E-state index in [9.17, 15) is 18.4 Å². The number of hydrogen-bond acceptors (Lipinski definition) is 3. The third kappa shape index (κ3) is 4.32. The van der Waals surface area contributed by atoms with Crippen LogP contribution in [0.15, 0.2) is 85.1 Å². The molecule has 1 heterocycles. The molecule has 2 N–H and O–H groups in total. The van der Waals surface area contributed by atoms with Gasteiger partial charge in [-0.25, -0.2) is 13.5 Å². The van der Waals surface area contributed by atoms with Gasteiger partial charge in [-0.1, -0.05) is 48.5 Å². The highest BCUT2D eigenvalue weighted by Crippen LogP contribution is 2.23. The number of hydrazine groups is 1. The summed E-state index contributed by atoms with van der Waals surface area (Å²) in [6.45, 7) is 0. The maximum atomic E-state index is 13.8. The van der Waals surface area contributed by atoms with Crippen molar-refractivity contribution in [2.24, 2.45) is 0 Å². The predicted molar refractivity (Wildman–Crippen MR) is 110 cm³/mol. The van der Waals surface area contributed by atoms with Gasteiger partial charge in [-0.15, -0.1) is 0 Å². The zero-order chi connectivity index (χ0) is 21.8. The Bertz CT molecular complexity index is 1240. The van der Waals surface area contributed by atoms with Crippen LogP contribution < -0.4 is 10.9 Å². The largest absolute Gasteiger partial charge is 0.273 e. The Morgan fingerprint density at radius 2 is 1.39 bits per heavy atom. The molecule has 1 aromatic heterocycles. The van der Waals surface area contributed by atoms with E-state index >= 15 is 0 Å². The van der Waals surface area contributed by atoms with E-state index in [1.807, 2.05) is 48.5 Å². The van der Waals surface area contributed by atoms with E-state index in [2.05, 4.69) is 16.0 Å². The summed E-state index contributed by atoms with van der Waals surface area (Å²) < 4.78 is 28.7. The smallest absolute Gasteiger partial charge is 0.267 e. The lowest BCUT2D eigenvalue weighted by atomic mass is 10.1. The van der Waals surface area contributed by atoms with Crippen molar-refractivity contribution in [2.45, 2.75) is 0 Å². The van der Waals surface area contributed by atoms with Gasteiger partial charge < -0.3 is 0 Å². The van der Waals surface area contributed by atoms with Gasteiger partial charge in [0.25, 0.3) is 11.8 Å². The molecule has 8 heteroatoms. The molecule has 0 spiro atoms. The minimum atomic E-state index is -0.984. The average Bonchev–Trinajstić information content (AvgIpc) is 3.26. The predicted octanol–water partition coefficient (Wildman–Crippen LogP) is 3.89. The molecule has 0 fully saturated rings. The van der Waals surface area contributed by atoms with Gasteiger partial charge in [0.15, 0.2) is 0 Å². The molecule has 4 aromatic rings. The van der Waals surface area contributed by atoms with Crippen LogP contribution in [0.25, 0.3) is 16.9 Å². The van der Waals surface area contributed by atoms with Gasteiger partial charge in [0, 0.05) is 11.8 Å². The SMILES string of the molecule is O=C(NNC(=O)c1cn(-c2ccccc2)nc1-c1ccccc1)c1cc(F)ccc1F. The van der Waals surface area contributed by atoms with Crippen LogP contribution in [0.1, 0.15) is 20.7 Å². The van der Waals surface area contributed by atoms with Crippen LogP contribution >= 0.6 is 0 Å². The fourth-order valence-corrected chi connectivity index (χ4v) is 2.98. The van der Waals surface area contributed by atoms with Crippen molar-refractivity contribution in [2.75, 3.05) is 0 Å². The fourth-order valence-electron chi connectivity index (χ4n) is 2.98. The molecule has 154 valence electrons. The zero-order valence-corrected chi connectivity index (χ0v) is 16.0. The first-order valence-corrected chi connectivity index (χ1v) is 9.29. The number of halogens is 2. The summed E-state index contributed by atoms with van der Waals surface area (Å²) in [5, 5.41) is 4.52. The summed E-state index contributed by atoms with van der Waals surface area (Å²) in [6.07, 6.45) is 1.53. The van der Waals surface area contributed by atoms with Gasteiger partial charge in [-0.2, -0.15) is 5.10 Å². The van der Waals surface area contributed by atoms with Crippen LogP contribution in [-0.2, 0) is 0 Å². The van der Waals surface area contributed by atoms with Crippen molar-refractivity contribution >= 4 is 11.8 Å². The quantitative estimate of drug-likeness (QED) is 0.494. The normalized spacial score (nSPS) is 10.5. The molecule has 0 unspecified atom stereocenters. The molecule has 6 nitrogen and oxygen atoms in total. The minimum absolute atomic E-state index is 0.190. The summed E-state index contributed by atoms with van der Waals surface area (Å²) in [5.41, 5.74) is 5.85. The summed E-state index contributed by atoms with van der Waals surface area (Å²) >= 11 is 0. The summed E-state index contributed by atoms with van der Waals surface area (Å²) in [6, 6.07) is 20.8. The van der Waals surface area contributed by atoms with Gasteiger partial charge in [-0.05, 0) is 30.3 Å². The Kier molecular flexibility index (Phi) is 5.53. The third-order valence-corrected chi connectivity index (χ3v) is 4.49. The van der Waals surface area contributed by atoms with Crippen molar-refractivity contribution in [3.63, 3.8) is 0 Å². The number of para-hydroxylation sites is 1. The standard InChI is InChI=1S/C23H16F2N4O2/c24-16-11-12-20(25)18(13-16)22(30)26-27-23(31)19-14-29(17-9-5-2-6-10-17)28-21(19)15-7-3-1-4-8-15/h1-14H,(H,26,30)(H,27,31). The third-order valence-electron chi connectivity index (χ3n) is 4.49. The second kappa shape index (κ2) is 8.58. The van der Waals surface area contributed by atoms with Crippen LogP contribution in [0.5, 0.6) is 0 Å². The summed E-state index contributed by atoms with van der Waals surface area (Å²) in [7, 11) is 0. The Hall–Kier alpha value is -4.33. The van der Waals surface area contributed by atoms with Crippen molar-refractivity contribution < 1.29 is 18.4 Å². The highest BCUT2D eigenvalue weighted by atomic mass is 19.1. The molecule has 0 aliphatic carbocycles. The van der Waals surface area contributed by atoms with Crippen LogP contribution in [-0.4, -0.2) is 21.6 Å². The van der Waals surface area contributed by atoms with Crippen molar-refractivity contribution in [1.29, 1.82) is 0 Å². The lowest BCUT2D eigenvalue weighted by Crippen LogP contribution is -2.42. The number of aromatic nitrogens is 2. The molecule has 0 saturated heterocycles. The molecule has 0 radical (unpaired) electrons. The first-order valence-electron chi connectivity index (χ1n) is 9.29. The molecule has 31 heavy (non-hydrogen) atoms. The zero-order valence-electron chi connectivity index (χ0n) is 16.0. The van der Waals surface area contributed by atoms with Gasteiger partial charge in [0.1, 0.15) is 17.3 Å². The molecule has 0 aliphatic rings. The Labute approximate surface area is 176 Å². The lowest BCUT2D eigenvalue weighted by molar-refractivity contribution is 0.0844. The second-order valence-electron chi connectivity index (χ2n) is 6.57. The Morgan fingerprint density at radius 1 is 0.774 bits per heavy atom. The number of carbonyl (C=O) groups excluding carboxylic acids is 2. The second-order valence-corrected chi connectivity index (χ2v) is 6.57. The van der Waals surface area contributed by atoms with Gasteiger partial charge >= 0.3 is 0 Å². The minimum Gasteiger partial charge on any atom is -0.267 e. The maximum Gasteiger partial charge on any atom is 0.273 e. The van der Waals surface area contributed by atoms with E-state index in [-0.39, 0.29) is 5.56 Å². The van der Waals surface area contributed by atoms with Gasteiger partial charge in [0.2, 0.25) is 0 Å². The van der Waals surface area contributed by atoms with E-state index in [1.54, 1.807) is 16.8 Å². The molecule has 3 aromatic carbocycles. The Morgan fingerprint density at radius 3 is 2.06 bits per heavy atom. The molecule has 0 bridgehead atoms. The van der Waals surface area contributed by atoms with E-state index < -0.39 is 29.0 Å². The summed E-state index contributed by atoms with van der Waals surface area (Å²) in [4.78, 5) is 25.0. The average molecular weight is 418 g/mol. The first-order chi connectivity index (χ1) is 15.0. The van der Waals surface area contributed by atoms with Gasteiger partial charge in [0.05, 0.1) is 16.8 Å². The molecule has 0 atom stereocenters. The number of amides is 2. The number of rotatable bonds is 4. The number of hydrogen-bond donors (Lipinski definition) is 2.